The standard InChI is InChI=1S/C24H30ClN3O2/c1-4-23(2,3)28-22(30)19-11-10-18(14-20(19)25)26-15-21(29)27-16-24(12-13-24)17-8-6-5-7-9-17/h5-11,14,26H,4,12-13,15-16H2,1-3H3,(H,27,29)(H,28,30). The van der Waals surface area contributed by atoms with Crippen LogP contribution in [0.1, 0.15) is 56.0 Å². The maximum Gasteiger partial charge on any atom is 0.253 e. The van der Waals surface area contributed by atoms with Crippen molar-refractivity contribution in [3.63, 3.8) is 0 Å². The van der Waals surface area contributed by atoms with Crippen LogP contribution in [-0.2, 0) is 10.2 Å². The van der Waals surface area contributed by atoms with Crippen molar-refractivity contribution < 1.29 is 9.59 Å². The van der Waals surface area contributed by atoms with Crippen LogP contribution in [0.4, 0.5) is 5.69 Å². The smallest absolute Gasteiger partial charge is 0.253 e. The molecule has 0 bridgehead atoms. The number of hydrogen-bond acceptors (Lipinski definition) is 3. The largest absolute Gasteiger partial charge is 0.376 e. The van der Waals surface area contributed by atoms with Gasteiger partial charge in [-0.1, -0.05) is 48.9 Å². The van der Waals surface area contributed by atoms with Crippen molar-refractivity contribution in [3.8, 4) is 0 Å². The first kappa shape index (κ1) is 22.2. The number of hydrogen-bond donors (Lipinski definition) is 3. The number of carbonyl (C=O) groups excluding carboxylic acids is 2. The van der Waals surface area contributed by atoms with Gasteiger partial charge in [0.1, 0.15) is 0 Å². The lowest BCUT2D eigenvalue weighted by Crippen LogP contribution is -2.42. The summed E-state index contributed by atoms with van der Waals surface area (Å²) in [5, 5.41) is 9.44. The van der Waals surface area contributed by atoms with Gasteiger partial charge in [0.15, 0.2) is 0 Å². The zero-order valence-corrected chi connectivity index (χ0v) is 18.6. The summed E-state index contributed by atoms with van der Waals surface area (Å²) in [6.45, 7) is 6.75. The third-order valence-electron chi connectivity index (χ3n) is 5.87. The molecule has 0 aromatic heterocycles. The number of benzene rings is 2. The van der Waals surface area contributed by atoms with Gasteiger partial charge >= 0.3 is 0 Å². The molecule has 0 spiro atoms. The van der Waals surface area contributed by atoms with E-state index in [4.69, 9.17) is 11.6 Å². The van der Waals surface area contributed by atoms with Crippen LogP contribution in [0, 0.1) is 0 Å². The van der Waals surface area contributed by atoms with Gasteiger partial charge in [0.05, 0.1) is 17.1 Å². The summed E-state index contributed by atoms with van der Waals surface area (Å²) in [5.74, 6) is -0.272. The molecular weight excluding hydrogens is 398 g/mol. The van der Waals surface area contributed by atoms with Gasteiger partial charge in [0.2, 0.25) is 5.91 Å². The third kappa shape index (κ3) is 5.54. The molecule has 30 heavy (non-hydrogen) atoms. The van der Waals surface area contributed by atoms with Crippen LogP contribution in [0.3, 0.4) is 0 Å². The van der Waals surface area contributed by atoms with Gasteiger partial charge in [-0.25, -0.2) is 0 Å². The van der Waals surface area contributed by atoms with Crippen LogP contribution in [0.25, 0.3) is 0 Å². The van der Waals surface area contributed by atoms with Crippen LogP contribution in [0.5, 0.6) is 0 Å². The lowest BCUT2D eigenvalue weighted by molar-refractivity contribution is -0.119. The number of nitrogens with one attached hydrogen (secondary N) is 3. The van der Waals surface area contributed by atoms with Crippen molar-refractivity contribution >= 4 is 29.1 Å². The van der Waals surface area contributed by atoms with E-state index in [9.17, 15) is 9.59 Å². The average molecular weight is 428 g/mol. The lowest BCUT2D eigenvalue weighted by Gasteiger charge is -2.24. The predicted octanol–water partition coefficient (Wildman–Crippen LogP) is 4.52. The molecule has 1 aliphatic rings. The summed E-state index contributed by atoms with van der Waals surface area (Å²) in [4.78, 5) is 24.7. The van der Waals surface area contributed by atoms with E-state index in [0.29, 0.717) is 22.8 Å². The molecule has 1 aliphatic carbocycles. The Hall–Kier alpha value is -2.53. The SMILES string of the molecule is CCC(C)(C)NC(=O)c1ccc(NCC(=O)NCC2(c3ccccc3)CC2)cc1Cl. The molecule has 2 aromatic rings. The highest BCUT2D eigenvalue weighted by atomic mass is 35.5. The van der Waals surface area contributed by atoms with E-state index in [2.05, 4.69) is 28.1 Å². The Morgan fingerprint density at radius 1 is 1.10 bits per heavy atom. The van der Waals surface area contributed by atoms with Crippen LogP contribution in [0.2, 0.25) is 5.02 Å². The van der Waals surface area contributed by atoms with Crippen LogP contribution < -0.4 is 16.0 Å². The first-order valence-electron chi connectivity index (χ1n) is 10.4. The Kier molecular flexibility index (Phi) is 6.71. The Labute approximate surface area is 183 Å². The van der Waals surface area contributed by atoms with Gasteiger partial charge in [0.25, 0.3) is 5.91 Å². The molecule has 1 saturated carbocycles. The van der Waals surface area contributed by atoms with Crippen LogP contribution >= 0.6 is 11.6 Å². The normalized spacial score (nSPS) is 14.7. The molecule has 0 radical (unpaired) electrons. The van der Waals surface area contributed by atoms with Gasteiger partial charge < -0.3 is 16.0 Å². The number of anilines is 1. The first-order valence-corrected chi connectivity index (χ1v) is 10.8. The van der Waals surface area contributed by atoms with Crippen molar-refractivity contribution in [1.82, 2.24) is 10.6 Å². The fourth-order valence-electron chi connectivity index (χ4n) is 3.30. The second kappa shape index (κ2) is 9.09. The predicted molar refractivity (Wildman–Crippen MR) is 122 cm³/mol. The summed E-state index contributed by atoms with van der Waals surface area (Å²) in [6.07, 6.45) is 3.01. The van der Waals surface area contributed by atoms with Gasteiger partial charge in [0, 0.05) is 23.2 Å². The van der Waals surface area contributed by atoms with Crippen LogP contribution in [0.15, 0.2) is 48.5 Å². The second-order valence-corrected chi connectivity index (χ2v) is 9.07. The van der Waals surface area contributed by atoms with Crippen molar-refractivity contribution in [1.29, 1.82) is 0 Å². The monoisotopic (exact) mass is 427 g/mol. The maximum absolute atomic E-state index is 12.4. The Balaban J connectivity index is 1.50. The molecule has 2 aromatic carbocycles. The summed E-state index contributed by atoms with van der Waals surface area (Å²) in [6, 6.07) is 15.4. The van der Waals surface area contributed by atoms with E-state index < -0.39 is 0 Å². The molecule has 0 saturated heterocycles. The summed E-state index contributed by atoms with van der Waals surface area (Å²) >= 11 is 6.31. The summed E-state index contributed by atoms with van der Waals surface area (Å²) < 4.78 is 0. The number of amides is 2. The second-order valence-electron chi connectivity index (χ2n) is 8.66. The zero-order valence-electron chi connectivity index (χ0n) is 17.8. The van der Waals surface area contributed by atoms with Gasteiger partial charge in [-0.05, 0) is 56.9 Å². The van der Waals surface area contributed by atoms with Gasteiger partial charge in [-0.15, -0.1) is 0 Å². The molecule has 0 unspecified atom stereocenters. The highest BCUT2D eigenvalue weighted by molar-refractivity contribution is 6.34. The minimum Gasteiger partial charge on any atom is -0.376 e. The average Bonchev–Trinajstić information content (AvgIpc) is 3.52. The fourth-order valence-corrected chi connectivity index (χ4v) is 3.56. The van der Waals surface area contributed by atoms with Crippen molar-refractivity contribution in [3.05, 3.63) is 64.7 Å². The molecule has 1 fully saturated rings. The van der Waals surface area contributed by atoms with Gasteiger partial charge in [-0.3, -0.25) is 9.59 Å². The van der Waals surface area contributed by atoms with Crippen molar-refractivity contribution in [2.45, 2.75) is 51.0 Å². The number of halogens is 1. The Bertz CT molecular complexity index is 908. The Morgan fingerprint density at radius 2 is 1.80 bits per heavy atom. The highest BCUT2D eigenvalue weighted by Gasteiger charge is 2.44. The zero-order chi connectivity index (χ0) is 21.8. The van der Waals surface area contributed by atoms with E-state index >= 15 is 0 Å². The third-order valence-corrected chi connectivity index (χ3v) is 6.18. The topological polar surface area (TPSA) is 70.2 Å². The molecule has 0 atom stereocenters. The molecule has 0 heterocycles. The van der Waals surface area contributed by atoms with Crippen LogP contribution in [-0.4, -0.2) is 30.4 Å². The minimum atomic E-state index is -0.298. The molecule has 3 rings (SSSR count). The molecule has 0 aliphatic heterocycles. The van der Waals surface area contributed by atoms with E-state index in [-0.39, 0.29) is 29.3 Å². The molecule has 3 N–H and O–H groups in total. The first-order chi connectivity index (χ1) is 14.2. The van der Waals surface area contributed by atoms with Crippen molar-refractivity contribution in [2.75, 3.05) is 18.4 Å². The van der Waals surface area contributed by atoms with Crippen molar-refractivity contribution in [2.24, 2.45) is 0 Å². The summed E-state index contributed by atoms with van der Waals surface area (Å²) in [7, 11) is 0. The molecule has 5 nitrogen and oxygen atoms in total. The Morgan fingerprint density at radius 3 is 2.40 bits per heavy atom. The quantitative estimate of drug-likeness (QED) is 0.551. The molecular formula is C24H30ClN3O2. The molecule has 6 heteroatoms. The van der Waals surface area contributed by atoms with Gasteiger partial charge in [-0.2, -0.15) is 0 Å². The van der Waals surface area contributed by atoms with E-state index in [0.717, 1.165) is 19.3 Å². The van der Waals surface area contributed by atoms with E-state index in [1.807, 2.05) is 39.0 Å². The lowest BCUT2D eigenvalue weighted by atomic mass is 9.96. The van der Waals surface area contributed by atoms with E-state index in [1.165, 1.54) is 5.56 Å². The molecule has 2 amide bonds. The highest BCUT2D eigenvalue weighted by Crippen LogP contribution is 2.47. The van der Waals surface area contributed by atoms with E-state index in [1.54, 1.807) is 18.2 Å². The minimum absolute atomic E-state index is 0.0696. The molecule has 160 valence electrons. The number of rotatable bonds is 9. The summed E-state index contributed by atoms with van der Waals surface area (Å²) in [5.41, 5.74) is 2.19. The maximum atomic E-state index is 12.4. The fraction of sp³-hybridized carbons (Fsp3) is 0.417. The number of carbonyl (C=O) groups is 2.